The fraction of sp³-hybridized carbons (Fsp3) is 0.444. The monoisotopic (exact) mass is 573 g/mol. The van der Waals surface area contributed by atoms with E-state index < -0.39 is 18.2 Å². The van der Waals surface area contributed by atoms with Crippen LogP contribution in [0.15, 0.2) is 46.1 Å². The molecule has 2 heterocycles. The Balaban J connectivity index is 0.00000243. The molecule has 137 valence electrons. The molecule has 1 aromatic carbocycles. The van der Waals surface area contributed by atoms with Crippen LogP contribution in [0.5, 0.6) is 0 Å². The summed E-state index contributed by atoms with van der Waals surface area (Å²) in [6, 6.07) is 9.52. The molecule has 2 aromatic rings. The van der Waals surface area contributed by atoms with Gasteiger partial charge in [-0.15, -0.1) is 0 Å². The van der Waals surface area contributed by atoms with E-state index in [1.54, 1.807) is 6.92 Å². The number of aromatic nitrogens is 2. The van der Waals surface area contributed by atoms with Crippen molar-refractivity contribution in [1.82, 2.24) is 9.13 Å². The van der Waals surface area contributed by atoms with Crippen molar-refractivity contribution in [3.05, 3.63) is 68.5 Å². The number of rotatable bonds is 5. The fourth-order valence-corrected chi connectivity index (χ4v) is 2.87. The van der Waals surface area contributed by atoms with Gasteiger partial charge in [0.25, 0.3) is 5.56 Å². The van der Waals surface area contributed by atoms with Crippen LogP contribution in [0.2, 0.25) is 0 Å². The van der Waals surface area contributed by atoms with Crippen LogP contribution in [0.4, 0.5) is 0 Å². The van der Waals surface area contributed by atoms with Crippen molar-refractivity contribution >= 4 is 0 Å². The first-order valence-corrected chi connectivity index (χ1v) is 8.25. The number of benzene rings is 1. The molecule has 0 aliphatic carbocycles. The molecular formula is C18H22AcN2O5. The van der Waals surface area contributed by atoms with Gasteiger partial charge in [0.05, 0.1) is 6.61 Å². The number of aliphatic hydroxyl groups is 1. The van der Waals surface area contributed by atoms with Crippen LogP contribution in [-0.2, 0) is 22.8 Å². The third-order valence-corrected chi connectivity index (χ3v) is 4.37. The molecule has 1 aliphatic heterocycles. The van der Waals surface area contributed by atoms with Crippen molar-refractivity contribution in [3.63, 3.8) is 0 Å². The largest absolute Gasteiger partial charge is 0.368 e. The standard InChI is InChI=1S/C18H22N2O5.Ac/c1-12-8-15(25-17(12)22)19-9-13(2)16(21)20(18(19)23)11-24-10-14-6-4-3-5-7-14;/h3-7,9,12,15,17,22H,8,10-11H2,1-2H3;. The maximum Gasteiger partial charge on any atom is 0.335 e. The molecule has 8 heteroatoms. The predicted molar refractivity (Wildman–Crippen MR) is 90.8 cm³/mol. The molecule has 7 nitrogen and oxygen atoms in total. The molecular weight excluding hydrogens is 551 g/mol. The quantitative estimate of drug-likeness (QED) is 0.585. The molecule has 0 amide bonds. The molecule has 26 heavy (non-hydrogen) atoms. The van der Waals surface area contributed by atoms with E-state index in [1.807, 2.05) is 37.3 Å². The summed E-state index contributed by atoms with van der Waals surface area (Å²) < 4.78 is 13.4. The van der Waals surface area contributed by atoms with Crippen molar-refractivity contribution in [2.24, 2.45) is 5.92 Å². The first-order chi connectivity index (χ1) is 12.0. The minimum Gasteiger partial charge on any atom is -0.368 e. The molecule has 0 bridgehead atoms. The minimum absolute atomic E-state index is 0. The zero-order valence-corrected chi connectivity index (χ0v) is 19.6. The molecule has 0 spiro atoms. The van der Waals surface area contributed by atoms with Crippen molar-refractivity contribution in [2.45, 2.75) is 46.1 Å². The molecule has 3 atom stereocenters. The predicted octanol–water partition coefficient (Wildman–Crippen LogP) is 1.37. The Kier molecular flexibility index (Phi) is 7.80. The van der Waals surface area contributed by atoms with Gasteiger partial charge in [-0.05, 0) is 12.5 Å². The van der Waals surface area contributed by atoms with Gasteiger partial charge in [0.1, 0.15) is 13.0 Å². The fourth-order valence-electron chi connectivity index (χ4n) is 2.87. The molecule has 1 saturated heterocycles. The first-order valence-electron chi connectivity index (χ1n) is 8.25. The van der Waals surface area contributed by atoms with Gasteiger partial charge in [-0.1, -0.05) is 37.3 Å². The van der Waals surface area contributed by atoms with E-state index >= 15 is 0 Å². The Bertz CT molecular complexity index is 839. The maximum absolute atomic E-state index is 12.7. The summed E-state index contributed by atoms with van der Waals surface area (Å²) >= 11 is 0. The summed E-state index contributed by atoms with van der Waals surface area (Å²) in [5.74, 6) is -0.0769. The minimum atomic E-state index is -0.910. The van der Waals surface area contributed by atoms with Gasteiger partial charge in [0, 0.05) is 68.2 Å². The van der Waals surface area contributed by atoms with E-state index in [2.05, 4.69) is 0 Å². The van der Waals surface area contributed by atoms with Crippen LogP contribution in [0.25, 0.3) is 0 Å². The molecule has 1 aromatic heterocycles. The van der Waals surface area contributed by atoms with Gasteiger partial charge in [0.15, 0.2) is 6.29 Å². The zero-order valence-electron chi connectivity index (χ0n) is 14.9. The Morgan fingerprint density at radius 1 is 1.27 bits per heavy atom. The van der Waals surface area contributed by atoms with Crippen LogP contribution in [-0.4, -0.2) is 20.5 Å². The third kappa shape index (κ3) is 4.73. The second kappa shape index (κ2) is 9.43. The molecule has 0 saturated carbocycles. The second-order valence-corrected chi connectivity index (χ2v) is 6.39. The van der Waals surface area contributed by atoms with Gasteiger partial charge in [-0.25, -0.2) is 9.36 Å². The summed E-state index contributed by atoms with van der Waals surface area (Å²) in [6.45, 7) is 3.65. The molecule has 3 unspecified atom stereocenters. The number of aryl methyl sites for hydroxylation is 1. The maximum atomic E-state index is 12.7. The number of ether oxygens (including phenoxy) is 2. The third-order valence-electron chi connectivity index (χ3n) is 4.37. The Morgan fingerprint density at radius 2 is 1.96 bits per heavy atom. The second-order valence-electron chi connectivity index (χ2n) is 6.39. The SMILES string of the molecule is Cc1cn(C2CC(C)C(O)O2)c(=O)n(COCc2ccccc2)c1=O.[Ac]. The van der Waals surface area contributed by atoms with E-state index in [0.717, 1.165) is 10.1 Å². The van der Waals surface area contributed by atoms with Crippen LogP contribution < -0.4 is 11.2 Å². The van der Waals surface area contributed by atoms with E-state index in [0.29, 0.717) is 18.6 Å². The van der Waals surface area contributed by atoms with Gasteiger partial charge in [-0.3, -0.25) is 9.36 Å². The summed E-state index contributed by atoms with van der Waals surface area (Å²) in [5.41, 5.74) is 0.482. The van der Waals surface area contributed by atoms with Crippen LogP contribution >= 0.6 is 0 Å². The number of aliphatic hydroxyl groups excluding tert-OH is 1. The number of hydrogen-bond donors (Lipinski definition) is 1. The van der Waals surface area contributed by atoms with Gasteiger partial charge < -0.3 is 14.6 Å². The number of nitrogens with zero attached hydrogens (tertiary/aromatic N) is 2. The summed E-state index contributed by atoms with van der Waals surface area (Å²) in [4.78, 5) is 25.0. The molecule has 1 aliphatic rings. The topological polar surface area (TPSA) is 82.7 Å². The number of hydrogen-bond acceptors (Lipinski definition) is 5. The first kappa shape index (κ1) is 21.5. The van der Waals surface area contributed by atoms with E-state index in [-0.39, 0.29) is 62.3 Å². The van der Waals surface area contributed by atoms with Gasteiger partial charge in [-0.2, -0.15) is 0 Å². The van der Waals surface area contributed by atoms with E-state index in [9.17, 15) is 14.7 Å². The van der Waals surface area contributed by atoms with Crippen molar-refractivity contribution in [2.75, 3.05) is 0 Å². The zero-order chi connectivity index (χ0) is 18.0. The average molecular weight is 573 g/mol. The molecule has 1 fully saturated rings. The summed E-state index contributed by atoms with van der Waals surface area (Å²) in [7, 11) is 0. The van der Waals surface area contributed by atoms with E-state index in [4.69, 9.17) is 9.47 Å². The van der Waals surface area contributed by atoms with Crippen LogP contribution in [0.1, 0.15) is 30.7 Å². The Labute approximate surface area is 187 Å². The van der Waals surface area contributed by atoms with E-state index in [1.165, 1.54) is 10.8 Å². The summed E-state index contributed by atoms with van der Waals surface area (Å²) in [5, 5.41) is 9.75. The Morgan fingerprint density at radius 3 is 2.58 bits per heavy atom. The normalized spacial score (nSPS) is 22.2. The van der Waals surface area contributed by atoms with Crippen LogP contribution in [0.3, 0.4) is 0 Å². The smallest absolute Gasteiger partial charge is 0.335 e. The average Bonchev–Trinajstić information content (AvgIpc) is 2.94. The Hall–Kier alpha value is -0.778. The molecule has 1 N–H and O–H groups in total. The molecule has 3 rings (SSSR count). The van der Waals surface area contributed by atoms with Crippen molar-refractivity contribution < 1.29 is 58.6 Å². The van der Waals surface area contributed by atoms with Crippen molar-refractivity contribution in [3.8, 4) is 0 Å². The van der Waals surface area contributed by atoms with Crippen LogP contribution in [0, 0.1) is 56.9 Å². The molecule has 1 radical (unpaired) electrons. The van der Waals surface area contributed by atoms with Crippen molar-refractivity contribution in [1.29, 1.82) is 0 Å². The summed E-state index contributed by atoms with van der Waals surface area (Å²) in [6.07, 6.45) is 0.487. The van der Waals surface area contributed by atoms with Gasteiger partial charge in [0.2, 0.25) is 0 Å². The van der Waals surface area contributed by atoms with Gasteiger partial charge >= 0.3 is 5.69 Å².